The van der Waals surface area contributed by atoms with Gasteiger partial charge in [0.1, 0.15) is 0 Å². The highest BCUT2D eigenvalue weighted by atomic mass is 35.5. The number of benzene rings is 3. The molecule has 1 aliphatic rings. The molecule has 27 heavy (non-hydrogen) atoms. The Bertz CT molecular complexity index is 1050. The Hall–Kier alpha value is -3.11. The number of nitrogens with one attached hydrogen (secondary N) is 2. The maximum absolute atomic E-state index is 12.5. The van der Waals surface area contributed by atoms with Crippen molar-refractivity contribution in [1.29, 1.82) is 0 Å². The van der Waals surface area contributed by atoms with Gasteiger partial charge in [0.25, 0.3) is 11.8 Å². The average Bonchev–Trinajstić information content (AvgIpc) is 2.98. The summed E-state index contributed by atoms with van der Waals surface area (Å²) < 4.78 is 0. The Labute approximate surface area is 162 Å². The van der Waals surface area contributed by atoms with Gasteiger partial charge in [-0.1, -0.05) is 54.1 Å². The molecule has 0 radical (unpaired) electrons. The molecule has 134 valence electrons. The van der Waals surface area contributed by atoms with Crippen molar-refractivity contribution in [2.75, 3.05) is 12.4 Å². The maximum atomic E-state index is 12.5. The van der Waals surface area contributed by atoms with Gasteiger partial charge < -0.3 is 5.32 Å². The summed E-state index contributed by atoms with van der Waals surface area (Å²) in [6, 6.07) is 20.9. The van der Waals surface area contributed by atoms with E-state index in [9.17, 15) is 9.59 Å². The molecular weight excluding hydrogens is 360 g/mol. The van der Waals surface area contributed by atoms with E-state index in [2.05, 4.69) is 10.6 Å². The summed E-state index contributed by atoms with van der Waals surface area (Å²) in [6.07, 6.45) is 0. The zero-order valence-corrected chi connectivity index (χ0v) is 15.4. The van der Waals surface area contributed by atoms with Crippen molar-refractivity contribution in [1.82, 2.24) is 5.32 Å². The number of imide groups is 1. The average molecular weight is 377 g/mol. The molecule has 4 rings (SSSR count). The molecule has 3 aromatic rings. The van der Waals surface area contributed by atoms with Crippen molar-refractivity contribution in [2.24, 2.45) is 0 Å². The molecule has 0 spiro atoms. The molecule has 2 amide bonds. The predicted octanol–water partition coefficient (Wildman–Crippen LogP) is 4.45. The van der Waals surface area contributed by atoms with E-state index in [1.165, 1.54) is 0 Å². The van der Waals surface area contributed by atoms with Crippen molar-refractivity contribution in [3.05, 3.63) is 99.6 Å². The van der Waals surface area contributed by atoms with Gasteiger partial charge in [0.05, 0.1) is 11.1 Å². The number of hydrogen-bond acceptors (Lipinski definition) is 3. The van der Waals surface area contributed by atoms with E-state index in [-0.39, 0.29) is 17.7 Å². The van der Waals surface area contributed by atoms with Gasteiger partial charge in [-0.2, -0.15) is 0 Å². The largest absolute Gasteiger partial charge is 0.388 e. The van der Waals surface area contributed by atoms with Gasteiger partial charge in [-0.3, -0.25) is 14.9 Å². The first-order chi connectivity index (χ1) is 13.1. The van der Waals surface area contributed by atoms with Crippen molar-refractivity contribution in [3.63, 3.8) is 0 Å². The normalized spacial score (nSPS) is 13.9. The van der Waals surface area contributed by atoms with Crippen LogP contribution in [0.4, 0.5) is 5.69 Å². The number of rotatable bonds is 4. The van der Waals surface area contributed by atoms with Crippen LogP contribution in [0.5, 0.6) is 0 Å². The predicted molar refractivity (Wildman–Crippen MR) is 107 cm³/mol. The third-order valence-electron chi connectivity index (χ3n) is 4.83. The number of fused-ring (bicyclic) bond motifs is 1. The van der Waals surface area contributed by atoms with Crippen LogP contribution in [0.2, 0.25) is 5.02 Å². The first-order valence-electron chi connectivity index (χ1n) is 8.61. The van der Waals surface area contributed by atoms with Gasteiger partial charge >= 0.3 is 0 Å². The molecule has 1 aliphatic heterocycles. The molecule has 5 heteroatoms. The molecule has 2 N–H and O–H groups in total. The minimum Gasteiger partial charge on any atom is -0.388 e. The van der Waals surface area contributed by atoms with E-state index < -0.39 is 0 Å². The Morgan fingerprint density at radius 1 is 0.889 bits per heavy atom. The van der Waals surface area contributed by atoms with Gasteiger partial charge in [0, 0.05) is 23.7 Å². The highest BCUT2D eigenvalue weighted by Crippen LogP contribution is 2.40. The van der Waals surface area contributed by atoms with Crippen molar-refractivity contribution < 1.29 is 9.59 Å². The minimum absolute atomic E-state index is 0.251. The molecule has 1 heterocycles. The number of hydrogen-bond donors (Lipinski definition) is 2. The molecule has 1 atom stereocenters. The lowest BCUT2D eigenvalue weighted by Crippen LogP contribution is -2.20. The van der Waals surface area contributed by atoms with Gasteiger partial charge in [-0.05, 0) is 41.0 Å². The minimum atomic E-state index is -0.362. The Morgan fingerprint density at radius 2 is 1.67 bits per heavy atom. The van der Waals surface area contributed by atoms with Crippen molar-refractivity contribution >= 4 is 29.1 Å². The van der Waals surface area contributed by atoms with E-state index in [4.69, 9.17) is 11.6 Å². The Balaban J connectivity index is 2.02. The van der Waals surface area contributed by atoms with Gasteiger partial charge in [0.15, 0.2) is 0 Å². The smallest absolute Gasteiger partial charge is 0.259 e. The fourth-order valence-electron chi connectivity index (χ4n) is 3.66. The van der Waals surface area contributed by atoms with Gasteiger partial charge in [0.2, 0.25) is 0 Å². The van der Waals surface area contributed by atoms with Crippen LogP contribution in [-0.4, -0.2) is 18.9 Å². The second-order valence-electron chi connectivity index (χ2n) is 6.38. The van der Waals surface area contributed by atoms with E-state index in [0.717, 1.165) is 22.4 Å². The molecule has 0 saturated heterocycles. The summed E-state index contributed by atoms with van der Waals surface area (Å²) in [5.74, 6) is -0.970. The van der Waals surface area contributed by atoms with Crippen molar-refractivity contribution in [3.8, 4) is 0 Å². The van der Waals surface area contributed by atoms with Crippen molar-refractivity contribution in [2.45, 2.75) is 5.92 Å². The van der Waals surface area contributed by atoms with E-state index in [0.29, 0.717) is 16.1 Å². The summed E-state index contributed by atoms with van der Waals surface area (Å²) >= 11 is 6.30. The molecule has 0 bridgehead atoms. The van der Waals surface area contributed by atoms with Gasteiger partial charge in [-0.15, -0.1) is 0 Å². The highest BCUT2D eigenvalue weighted by molar-refractivity contribution is 6.30. The molecule has 3 aromatic carbocycles. The monoisotopic (exact) mass is 376 g/mol. The fraction of sp³-hybridized carbons (Fsp3) is 0.0909. The third kappa shape index (κ3) is 2.98. The molecule has 4 nitrogen and oxygen atoms in total. The quantitative estimate of drug-likeness (QED) is 0.522. The third-order valence-corrected chi connectivity index (χ3v) is 5.07. The number of anilines is 1. The number of halogens is 1. The lowest BCUT2D eigenvalue weighted by atomic mass is 9.81. The maximum Gasteiger partial charge on any atom is 0.259 e. The van der Waals surface area contributed by atoms with E-state index >= 15 is 0 Å². The van der Waals surface area contributed by atoms with E-state index in [1.54, 1.807) is 6.07 Å². The Morgan fingerprint density at radius 3 is 2.41 bits per heavy atom. The molecule has 0 aliphatic carbocycles. The number of carbonyl (C=O) groups is 2. The molecule has 1 unspecified atom stereocenters. The van der Waals surface area contributed by atoms with Crippen LogP contribution in [0.15, 0.2) is 66.7 Å². The van der Waals surface area contributed by atoms with Crippen LogP contribution in [-0.2, 0) is 0 Å². The van der Waals surface area contributed by atoms with Crippen LogP contribution in [0, 0.1) is 0 Å². The molecule has 0 fully saturated rings. The van der Waals surface area contributed by atoms with Crippen LogP contribution in [0.1, 0.15) is 43.3 Å². The zero-order chi connectivity index (χ0) is 19.0. The number of amides is 2. The van der Waals surface area contributed by atoms with Crippen LogP contribution < -0.4 is 10.6 Å². The second kappa shape index (κ2) is 6.89. The zero-order valence-electron chi connectivity index (χ0n) is 14.6. The number of carbonyl (C=O) groups excluding carboxylic acids is 2. The summed E-state index contributed by atoms with van der Waals surface area (Å²) in [5, 5.41) is 6.21. The molecule has 0 aromatic heterocycles. The summed E-state index contributed by atoms with van der Waals surface area (Å²) in [5.41, 5.74) is 4.48. The summed E-state index contributed by atoms with van der Waals surface area (Å²) in [6.45, 7) is 0. The molecule has 0 saturated carbocycles. The lowest BCUT2D eigenvalue weighted by molar-refractivity contribution is 0.0879. The SMILES string of the molecule is CNc1ccc(Cl)cc1C(c1ccccc1)c1cccc2c1C(=O)NC2=O. The van der Waals surface area contributed by atoms with Crippen LogP contribution >= 0.6 is 11.6 Å². The fourth-order valence-corrected chi connectivity index (χ4v) is 3.84. The highest BCUT2D eigenvalue weighted by Gasteiger charge is 2.33. The summed E-state index contributed by atoms with van der Waals surface area (Å²) in [7, 11) is 1.85. The first-order valence-corrected chi connectivity index (χ1v) is 8.98. The van der Waals surface area contributed by atoms with E-state index in [1.807, 2.05) is 67.7 Å². The van der Waals surface area contributed by atoms with Crippen LogP contribution in [0.3, 0.4) is 0 Å². The molecular formula is C22H17ClN2O2. The topological polar surface area (TPSA) is 58.2 Å². The van der Waals surface area contributed by atoms with Gasteiger partial charge in [-0.25, -0.2) is 0 Å². The summed E-state index contributed by atoms with van der Waals surface area (Å²) in [4.78, 5) is 24.6. The standard InChI is InChI=1S/C22H17ClN2O2/c1-24-18-11-10-14(23)12-17(18)19(13-6-3-2-4-7-13)15-8-5-9-16-20(15)22(27)25-21(16)26/h2-12,19,24H,1H3,(H,25,26,27). The Kier molecular flexibility index (Phi) is 4.42. The lowest BCUT2D eigenvalue weighted by Gasteiger charge is -2.23. The second-order valence-corrected chi connectivity index (χ2v) is 6.81. The van der Waals surface area contributed by atoms with Crippen LogP contribution in [0.25, 0.3) is 0 Å². The first kappa shape index (κ1) is 17.3.